The first-order valence-corrected chi connectivity index (χ1v) is 8.37. The molecule has 1 N–H and O–H groups in total. The van der Waals surface area contributed by atoms with Crippen molar-refractivity contribution in [3.05, 3.63) is 29.8 Å². The highest BCUT2D eigenvalue weighted by Crippen LogP contribution is 2.34. The van der Waals surface area contributed by atoms with Gasteiger partial charge in [0.15, 0.2) is 0 Å². The maximum absolute atomic E-state index is 5.25. The number of rotatable bonds is 6. The van der Waals surface area contributed by atoms with Crippen LogP contribution in [0.1, 0.15) is 51.1 Å². The Morgan fingerprint density at radius 1 is 1.29 bits per heavy atom. The first-order chi connectivity index (χ1) is 10.2. The minimum atomic E-state index is 0.451. The van der Waals surface area contributed by atoms with E-state index >= 15 is 0 Å². The van der Waals surface area contributed by atoms with Crippen LogP contribution in [0.4, 0.5) is 0 Å². The van der Waals surface area contributed by atoms with E-state index in [1.165, 1.54) is 31.4 Å². The number of likely N-dealkylation sites (tertiary alicyclic amines) is 1. The van der Waals surface area contributed by atoms with E-state index in [2.05, 4.69) is 48.3 Å². The van der Waals surface area contributed by atoms with E-state index in [0.717, 1.165) is 24.3 Å². The lowest BCUT2D eigenvalue weighted by Crippen LogP contribution is -2.36. The molecule has 1 aromatic rings. The number of nitrogens with one attached hydrogen (secondary N) is 1. The molecule has 1 aliphatic carbocycles. The largest absolute Gasteiger partial charge is 0.497 e. The van der Waals surface area contributed by atoms with E-state index in [9.17, 15) is 0 Å². The molecular weight excluding hydrogens is 260 g/mol. The quantitative estimate of drug-likeness (QED) is 0.868. The van der Waals surface area contributed by atoms with E-state index in [4.69, 9.17) is 4.74 Å². The number of ether oxygens (including phenoxy) is 1. The molecule has 2 aliphatic rings. The van der Waals surface area contributed by atoms with Gasteiger partial charge in [-0.15, -0.1) is 0 Å². The van der Waals surface area contributed by atoms with Gasteiger partial charge in [0.25, 0.3) is 0 Å². The fourth-order valence-electron chi connectivity index (χ4n) is 3.66. The summed E-state index contributed by atoms with van der Waals surface area (Å²) >= 11 is 0. The minimum Gasteiger partial charge on any atom is -0.497 e. The second-order valence-electron chi connectivity index (χ2n) is 6.61. The molecule has 0 radical (unpaired) electrons. The summed E-state index contributed by atoms with van der Waals surface area (Å²) in [5.41, 5.74) is 1.37. The minimum absolute atomic E-state index is 0.451. The topological polar surface area (TPSA) is 24.5 Å². The smallest absolute Gasteiger partial charge is 0.118 e. The van der Waals surface area contributed by atoms with Crippen molar-refractivity contribution in [1.29, 1.82) is 0 Å². The van der Waals surface area contributed by atoms with Crippen LogP contribution >= 0.6 is 0 Å². The lowest BCUT2D eigenvalue weighted by atomic mass is 10.0. The fraction of sp³-hybridized carbons (Fsp3) is 0.667. The van der Waals surface area contributed by atoms with E-state index < -0.39 is 0 Å². The van der Waals surface area contributed by atoms with Crippen LogP contribution in [0.3, 0.4) is 0 Å². The van der Waals surface area contributed by atoms with Crippen LogP contribution in [0.25, 0.3) is 0 Å². The zero-order chi connectivity index (χ0) is 14.8. The number of nitrogens with zero attached hydrogens (tertiary/aromatic N) is 1. The van der Waals surface area contributed by atoms with Gasteiger partial charge >= 0.3 is 0 Å². The van der Waals surface area contributed by atoms with Crippen LogP contribution in [0.15, 0.2) is 24.3 Å². The Hall–Kier alpha value is -1.06. The molecule has 3 unspecified atom stereocenters. The Kier molecular flexibility index (Phi) is 4.51. The van der Waals surface area contributed by atoms with Gasteiger partial charge in [0.05, 0.1) is 7.11 Å². The van der Waals surface area contributed by atoms with Gasteiger partial charge in [0, 0.05) is 30.7 Å². The van der Waals surface area contributed by atoms with Crippen LogP contribution in [0.2, 0.25) is 0 Å². The Bertz CT molecular complexity index is 455. The van der Waals surface area contributed by atoms with Gasteiger partial charge < -0.3 is 10.1 Å². The zero-order valence-corrected chi connectivity index (χ0v) is 13.5. The summed E-state index contributed by atoms with van der Waals surface area (Å²) in [6.07, 6.45) is 5.23. The van der Waals surface area contributed by atoms with E-state index in [0.29, 0.717) is 12.1 Å². The van der Waals surface area contributed by atoms with E-state index in [1.54, 1.807) is 7.11 Å². The van der Waals surface area contributed by atoms with Crippen LogP contribution in [-0.2, 0) is 0 Å². The molecule has 1 heterocycles. The molecule has 0 spiro atoms. The molecule has 1 saturated carbocycles. The Balaban J connectivity index is 1.61. The maximum atomic E-state index is 5.25. The van der Waals surface area contributed by atoms with Gasteiger partial charge in [-0.1, -0.05) is 19.1 Å². The molecule has 3 heteroatoms. The molecule has 1 aromatic carbocycles. The van der Waals surface area contributed by atoms with Crippen molar-refractivity contribution in [2.24, 2.45) is 0 Å². The molecule has 2 fully saturated rings. The van der Waals surface area contributed by atoms with Gasteiger partial charge in [-0.3, -0.25) is 4.90 Å². The van der Waals surface area contributed by atoms with Crippen molar-refractivity contribution < 1.29 is 4.74 Å². The highest BCUT2D eigenvalue weighted by atomic mass is 16.5. The molecule has 21 heavy (non-hydrogen) atoms. The number of benzene rings is 1. The second kappa shape index (κ2) is 6.37. The molecule has 116 valence electrons. The second-order valence-corrected chi connectivity index (χ2v) is 6.61. The van der Waals surface area contributed by atoms with E-state index in [1.807, 2.05) is 0 Å². The third-order valence-electron chi connectivity index (χ3n) is 5.00. The van der Waals surface area contributed by atoms with Gasteiger partial charge in [-0.25, -0.2) is 0 Å². The molecule has 0 aromatic heterocycles. The monoisotopic (exact) mass is 288 g/mol. The van der Waals surface area contributed by atoms with Gasteiger partial charge in [-0.2, -0.15) is 0 Å². The van der Waals surface area contributed by atoms with Crippen molar-refractivity contribution >= 4 is 0 Å². The molecule has 0 bridgehead atoms. The third-order valence-corrected chi connectivity index (χ3v) is 5.00. The number of hydrogen-bond acceptors (Lipinski definition) is 3. The third kappa shape index (κ3) is 3.41. The number of hydrogen-bond donors (Lipinski definition) is 1. The summed E-state index contributed by atoms with van der Waals surface area (Å²) in [5, 5.41) is 3.88. The predicted octanol–water partition coefficient (Wildman–Crippen LogP) is 3.36. The van der Waals surface area contributed by atoms with Crippen molar-refractivity contribution in [2.45, 2.75) is 63.7 Å². The van der Waals surface area contributed by atoms with Crippen molar-refractivity contribution in [2.75, 3.05) is 13.7 Å². The van der Waals surface area contributed by atoms with Crippen molar-refractivity contribution in [3.63, 3.8) is 0 Å². The van der Waals surface area contributed by atoms with Crippen LogP contribution in [0, 0.1) is 0 Å². The Morgan fingerprint density at radius 3 is 2.57 bits per heavy atom. The molecule has 1 saturated heterocycles. The van der Waals surface area contributed by atoms with Crippen LogP contribution in [0.5, 0.6) is 5.75 Å². The van der Waals surface area contributed by atoms with Crippen LogP contribution in [-0.4, -0.2) is 36.7 Å². The molecule has 3 nitrogen and oxygen atoms in total. The average Bonchev–Trinajstić information content (AvgIpc) is 3.29. The summed E-state index contributed by atoms with van der Waals surface area (Å²) in [4.78, 5) is 2.71. The first-order valence-electron chi connectivity index (χ1n) is 8.37. The molecule has 0 amide bonds. The highest BCUT2D eigenvalue weighted by Gasteiger charge is 2.39. The average molecular weight is 288 g/mol. The predicted molar refractivity (Wildman–Crippen MR) is 86.8 cm³/mol. The summed E-state index contributed by atoms with van der Waals surface area (Å²) < 4.78 is 5.25. The summed E-state index contributed by atoms with van der Waals surface area (Å²) in [5.74, 6) is 0.933. The first kappa shape index (κ1) is 14.9. The van der Waals surface area contributed by atoms with Gasteiger partial charge in [-0.05, 0) is 50.3 Å². The standard InChI is InChI=1S/C18H28N2O/c1-4-18(14-5-9-17(21-3)10-6-14)19-15-11-13(2)20(12-15)16-7-8-16/h5-6,9-10,13,15-16,18-19H,4,7-8,11-12H2,1-3H3. The lowest BCUT2D eigenvalue weighted by Gasteiger charge is -2.23. The lowest BCUT2D eigenvalue weighted by molar-refractivity contribution is 0.253. The van der Waals surface area contributed by atoms with Gasteiger partial charge in [0.2, 0.25) is 0 Å². The zero-order valence-electron chi connectivity index (χ0n) is 13.5. The molecular formula is C18H28N2O. The summed E-state index contributed by atoms with van der Waals surface area (Å²) in [6.45, 7) is 5.87. The molecule has 3 atom stereocenters. The molecule has 3 rings (SSSR count). The fourth-order valence-corrected chi connectivity index (χ4v) is 3.66. The normalized spacial score (nSPS) is 27.8. The van der Waals surface area contributed by atoms with Crippen LogP contribution < -0.4 is 10.1 Å². The summed E-state index contributed by atoms with van der Waals surface area (Å²) in [7, 11) is 1.72. The highest BCUT2D eigenvalue weighted by molar-refractivity contribution is 5.29. The number of methoxy groups -OCH3 is 1. The maximum Gasteiger partial charge on any atom is 0.118 e. The Labute approximate surface area is 128 Å². The van der Waals surface area contributed by atoms with E-state index in [-0.39, 0.29) is 0 Å². The Morgan fingerprint density at radius 2 is 2.00 bits per heavy atom. The SMILES string of the molecule is CCC(NC1CC(C)N(C2CC2)C1)c1ccc(OC)cc1. The summed E-state index contributed by atoms with van der Waals surface area (Å²) in [6, 6.07) is 11.2. The van der Waals surface area contributed by atoms with Crippen molar-refractivity contribution in [1.82, 2.24) is 10.2 Å². The van der Waals surface area contributed by atoms with Gasteiger partial charge in [0.1, 0.15) is 5.75 Å². The van der Waals surface area contributed by atoms with Crippen molar-refractivity contribution in [3.8, 4) is 5.75 Å². The molecule has 1 aliphatic heterocycles.